The summed E-state index contributed by atoms with van der Waals surface area (Å²) in [4.78, 5) is 0. The summed E-state index contributed by atoms with van der Waals surface area (Å²) in [7, 11) is 12.6. The topological polar surface area (TPSA) is 9.23 Å². The Labute approximate surface area is 139 Å². The zero-order chi connectivity index (χ0) is 15.1. The van der Waals surface area contributed by atoms with Gasteiger partial charge in [0, 0.05) is 0 Å². The van der Waals surface area contributed by atoms with E-state index in [-0.39, 0.29) is 0 Å². The number of hydrogen-bond acceptors (Lipinski definition) is 1. The van der Waals surface area contributed by atoms with Gasteiger partial charge >= 0.3 is 132 Å². The van der Waals surface area contributed by atoms with E-state index in [4.69, 9.17) is 20.9 Å². The SMILES string of the molecule is CCCCCCCCCCCC[O][Sn]([Cl])([Cl])[CH2]CCC. The van der Waals surface area contributed by atoms with Gasteiger partial charge in [-0.3, -0.25) is 0 Å². The van der Waals surface area contributed by atoms with Crippen LogP contribution in [0.4, 0.5) is 0 Å². The molecular formula is C16H34Cl2OSn. The maximum atomic E-state index is 6.29. The van der Waals surface area contributed by atoms with Crippen molar-refractivity contribution in [1.29, 1.82) is 0 Å². The number of halogens is 2. The monoisotopic (exact) mass is 432 g/mol. The molecule has 4 heteroatoms. The Morgan fingerprint density at radius 3 is 1.60 bits per heavy atom. The minimum atomic E-state index is -3.10. The average molecular weight is 432 g/mol. The van der Waals surface area contributed by atoms with Crippen LogP contribution in [0.3, 0.4) is 0 Å². The van der Waals surface area contributed by atoms with Crippen LogP contribution in [0.2, 0.25) is 4.44 Å². The Balaban J connectivity index is 3.20. The van der Waals surface area contributed by atoms with Crippen LogP contribution < -0.4 is 0 Å². The van der Waals surface area contributed by atoms with E-state index in [2.05, 4.69) is 13.8 Å². The van der Waals surface area contributed by atoms with E-state index in [1.807, 2.05) is 0 Å². The molecule has 0 saturated carbocycles. The maximum absolute atomic E-state index is 6.29. The molecule has 0 heterocycles. The Morgan fingerprint density at radius 2 is 1.10 bits per heavy atom. The van der Waals surface area contributed by atoms with Gasteiger partial charge in [0.1, 0.15) is 0 Å². The Morgan fingerprint density at radius 1 is 0.650 bits per heavy atom. The molecule has 0 aromatic carbocycles. The molecule has 0 atom stereocenters. The van der Waals surface area contributed by atoms with Crippen LogP contribution in [0.25, 0.3) is 0 Å². The van der Waals surface area contributed by atoms with Gasteiger partial charge in [0.05, 0.1) is 0 Å². The zero-order valence-electron chi connectivity index (χ0n) is 13.6. The third-order valence-corrected chi connectivity index (χ3v) is 12.1. The average Bonchev–Trinajstić information content (AvgIpc) is 2.42. The molecular weight excluding hydrogens is 398 g/mol. The predicted octanol–water partition coefficient (Wildman–Crippen LogP) is 7.14. The fraction of sp³-hybridized carbons (Fsp3) is 1.00. The molecule has 0 radical (unpaired) electrons. The van der Waals surface area contributed by atoms with Crippen LogP contribution >= 0.6 is 17.8 Å². The van der Waals surface area contributed by atoms with Crippen molar-refractivity contribution in [3.8, 4) is 0 Å². The summed E-state index contributed by atoms with van der Waals surface area (Å²) < 4.78 is 6.68. The molecule has 122 valence electrons. The third kappa shape index (κ3) is 15.7. The molecule has 0 aliphatic rings. The first-order valence-corrected chi connectivity index (χ1v) is 19.1. The molecule has 20 heavy (non-hydrogen) atoms. The van der Waals surface area contributed by atoms with Crippen LogP contribution in [0.15, 0.2) is 0 Å². The molecule has 0 spiro atoms. The molecule has 0 aromatic rings. The van der Waals surface area contributed by atoms with Crippen molar-refractivity contribution in [3.63, 3.8) is 0 Å². The van der Waals surface area contributed by atoms with Crippen molar-refractivity contribution in [2.45, 2.75) is 95.3 Å². The second-order valence-electron chi connectivity index (χ2n) is 5.77. The van der Waals surface area contributed by atoms with Gasteiger partial charge in [0.25, 0.3) is 0 Å². The molecule has 0 saturated heterocycles. The van der Waals surface area contributed by atoms with E-state index in [0.29, 0.717) is 0 Å². The van der Waals surface area contributed by atoms with Gasteiger partial charge in [-0.2, -0.15) is 0 Å². The van der Waals surface area contributed by atoms with E-state index < -0.39 is 16.5 Å². The Bertz CT molecular complexity index is 201. The quantitative estimate of drug-likeness (QED) is 0.198. The van der Waals surface area contributed by atoms with Gasteiger partial charge in [0.2, 0.25) is 0 Å². The van der Waals surface area contributed by atoms with Crippen molar-refractivity contribution >= 4 is 34.4 Å². The standard InChI is InChI=1S/C12H25O.C4H9.2ClH.Sn/c1-2-3-4-5-6-7-8-9-10-11-12-13;1-3-4-2;;;/h2-12H2,1H3;1,3-4H2,2H3;2*1H;/q-1;;;;+3/p-2. The van der Waals surface area contributed by atoms with Gasteiger partial charge in [-0.05, 0) is 0 Å². The second kappa shape index (κ2) is 15.2. The molecule has 0 amide bonds. The molecule has 0 N–H and O–H groups in total. The fourth-order valence-electron chi connectivity index (χ4n) is 2.27. The first-order chi connectivity index (χ1) is 9.62. The third-order valence-electron chi connectivity index (χ3n) is 3.63. The van der Waals surface area contributed by atoms with E-state index in [0.717, 1.165) is 30.3 Å². The fourth-order valence-corrected chi connectivity index (χ4v) is 8.95. The van der Waals surface area contributed by atoms with E-state index in [9.17, 15) is 0 Å². The number of hydrogen-bond donors (Lipinski definition) is 0. The molecule has 0 aliphatic carbocycles. The first kappa shape index (κ1) is 21.3. The van der Waals surface area contributed by atoms with Gasteiger partial charge in [-0.15, -0.1) is 0 Å². The van der Waals surface area contributed by atoms with Gasteiger partial charge in [-0.1, -0.05) is 6.92 Å². The molecule has 0 fully saturated rings. The molecule has 0 aromatic heterocycles. The van der Waals surface area contributed by atoms with Crippen molar-refractivity contribution in [2.75, 3.05) is 6.61 Å². The zero-order valence-corrected chi connectivity index (χ0v) is 17.9. The van der Waals surface area contributed by atoms with E-state index in [1.165, 1.54) is 57.8 Å². The van der Waals surface area contributed by atoms with E-state index >= 15 is 0 Å². The van der Waals surface area contributed by atoms with Crippen molar-refractivity contribution in [3.05, 3.63) is 0 Å². The predicted molar refractivity (Wildman–Crippen MR) is 95.0 cm³/mol. The molecule has 0 unspecified atom stereocenters. The normalized spacial score (nSPS) is 12.0. The van der Waals surface area contributed by atoms with Gasteiger partial charge < -0.3 is 0 Å². The minimum absolute atomic E-state index is 0.781. The van der Waals surface area contributed by atoms with Crippen LogP contribution in [0.1, 0.15) is 90.9 Å². The molecule has 1 nitrogen and oxygen atoms in total. The number of rotatable bonds is 15. The summed E-state index contributed by atoms with van der Waals surface area (Å²) in [5.74, 6) is 0. The summed E-state index contributed by atoms with van der Waals surface area (Å²) in [5, 5.41) is 0. The van der Waals surface area contributed by atoms with Crippen molar-refractivity contribution < 1.29 is 3.07 Å². The van der Waals surface area contributed by atoms with Crippen LogP contribution in [-0.2, 0) is 3.07 Å². The summed E-state index contributed by atoms with van der Waals surface area (Å²) in [6.07, 6.45) is 15.8. The van der Waals surface area contributed by atoms with Gasteiger partial charge in [0.15, 0.2) is 0 Å². The van der Waals surface area contributed by atoms with Crippen molar-refractivity contribution in [1.82, 2.24) is 0 Å². The number of unbranched alkanes of at least 4 members (excludes halogenated alkanes) is 10. The summed E-state index contributed by atoms with van der Waals surface area (Å²) >= 11 is -3.10. The summed E-state index contributed by atoms with van der Waals surface area (Å²) in [6.45, 7) is 5.21. The van der Waals surface area contributed by atoms with Crippen molar-refractivity contribution in [2.24, 2.45) is 0 Å². The van der Waals surface area contributed by atoms with E-state index in [1.54, 1.807) is 0 Å². The van der Waals surface area contributed by atoms with Crippen LogP contribution in [0, 0.1) is 0 Å². The van der Waals surface area contributed by atoms with Gasteiger partial charge in [-0.25, -0.2) is 0 Å². The molecule has 0 bridgehead atoms. The van der Waals surface area contributed by atoms with Crippen LogP contribution in [0.5, 0.6) is 0 Å². The molecule has 0 rings (SSSR count). The Kier molecular flexibility index (Phi) is 16.3. The second-order valence-corrected chi connectivity index (χ2v) is 21.1. The summed E-state index contributed by atoms with van der Waals surface area (Å²) in [6, 6.07) is 0. The summed E-state index contributed by atoms with van der Waals surface area (Å²) in [5.41, 5.74) is 0. The van der Waals surface area contributed by atoms with Crippen LogP contribution in [-0.4, -0.2) is 23.1 Å². The molecule has 0 aliphatic heterocycles. The Hall–Kier alpha value is 1.34. The first-order valence-electron chi connectivity index (χ1n) is 8.64.